The molecule has 0 aliphatic carbocycles. The lowest BCUT2D eigenvalue weighted by atomic mass is 10.2. The summed E-state index contributed by atoms with van der Waals surface area (Å²) in [5, 5.41) is 8.31. The number of rotatable bonds is 3. The van der Waals surface area contributed by atoms with Crippen LogP contribution in [0.2, 0.25) is 0 Å². The van der Waals surface area contributed by atoms with Crippen molar-refractivity contribution in [3.63, 3.8) is 0 Å². The number of aliphatic imine (C=N–C) groups is 1. The molecule has 1 rings (SSSR count). The van der Waals surface area contributed by atoms with Gasteiger partial charge >= 0.3 is 0 Å². The third-order valence-electron chi connectivity index (χ3n) is 1.74. The van der Waals surface area contributed by atoms with E-state index in [2.05, 4.69) is 4.99 Å². The summed E-state index contributed by atoms with van der Waals surface area (Å²) in [5.41, 5.74) is 1.92. The highest BCUT2D eigenvalue weighted by Gasteiger charge is 1.82. The van der Waals surface area contributed by atoms with E-state index in [1.54, 1.807) is 12.3 Å². The first-order chi connectivity index (χ1) is 7.33. The molecule has 0 heterocycles. The van der Waals surface area contributed by atoms with Crippen molar-refractivity contribution in [1.29, 1.82) is 5.26 Å². The average molecular weight is 196 g/mol. The van der Waals surface area contributed by atoms with E-state index in [0.717, 1.165) is 11.3 Å². The van der Waals surface area contributed by atoms with E-state index in [0.29, 0.717) is 0 Å². The lowest BCUT2D eigenvalue weighted by Crippen LogP contribution is -1.80. The molecule has 74 valence electrons. The van der Waals surface area contributed by atoms with E-state index >= 15 is 0 Å². The molecule has 15 heavy (non-hydrogen) atoms. The molecule has 0 unspecified atom stereocenters. The second kappa shape index (κ2) is 6.33. The molecule has 0 amide bonds. The molecule has 0 N–H and O–H groups in total. The molecule has 0 spiro atoms. The number of hydrogen-bond acceptors (Lipinski definition) is 2. The molecular formula is C13H12N2. The van der Waals surface area contributed by atoms with Crippen LogP contribution in [0.1, 0.15) is 12.5 Å². The van der Waals surface area contributed by atoms with Gasteiger partial charge < -0.3 is 0 Å². The first-order valence-corrected chi connectivity index (χ1v) is 4.65. The maximum Gasteiger partial charge on any atom is 0.0912 e. The van der Waals surface area contributed by atoms with E-state index in [1.165, 1.54) is 6.08 Å². The molecule has 0 atom stereocenters. The number of nitriles is 1. The van der Waals surface area contributed by atoms with E-state index in [9.17, 15) is 0 Å². The molecular weight excluding hydrogens is 184 g/mol. The lowest BCUT2D eigenvalue weighted by Gasteiger charge is -1.89. The Hall–Kier alpha value is -2.14. The van der Waals surface area contributed by atoms with Gasteiger partial charge in [-0.2, -0.15) is 5.26 Å². The van der Waals surface area contributed by atoms with Crippen molar-refractivity contribution in [2.24, 2.45) is 4.99 Å². The minimum atomic E-state index is 0.809. The van der Waals surface area contributed by atoms with Gasteiger partial charge in [0, 0.05) is 18.0 Å². The van der Waals surface area contributed by atoms with Crippen LogP contribution in [0.25, 0.3) is 6.08 Å². The smallest absolute Gasteiger partial charge is 0.0912 e. The van der Waals surface area contributed by atoms with E-state index in [4.69, 9.17) is 5.26 Å². The van der Waals surface area contributed by atoms with Crippen molar-refractivity contribution in [3.05, 3.63) is 54.2 Å². The Balaban J connectivity index is 2.61. The monoisotopic (exact) mass is 196 g/mol. The van der Waals surface area contributed by atoms with E-state index < -0.39 is 0 Å². The van der Waals surface area contributed by atoms with Crippen LogP contribution in [0.3, 0.4) is 0 Å². The van der Waals surface area contributed by atoms with Crippen LogP contribution in [0, 0.1) is 11.3 Å². The topological polar surface area (TPSA) is 36.1 Å². The Labute approximate surface area is 89.9 Å². The van der Waals surface area contributed by atoms with Gasteiger partial charge in [0.05, 0.1) is 6.07 Å². The number of allylic oxidation sites excluding steroid dienone is 2. The Bertz CT molecular complexity index is 420. The van der Waals surface area contributed by atoms with Gasteiger partial charge in [-0.05, 0) is 24.6 Å². The van der Waals surface area contributed by atoms with E-state index in [-0.39, 0.29) is 0 Å². The third-order valence-corrected chi connectivity index (χ3v) is 1.74. The van der Waals surface area contributed by atoms with Crippen LogP contribution in [-0.2, 0) is 0 Å². The van der Waals surface area contributed by atoms with E-state index in [1.807, 2.05) is 49.4 Å². The van der Waals surface area contributed by atoms with Gasteiger partial charge in [-0.3, -0.25) is 4.99 Å². The zero-order chi connectivity index (χ0) is 10.9. The molecule has 0 fully saturated rings. The molecule has 0 bridgehead atoms. The summed E-state index contributed by atoms with van der Waals surface area (Å²) in [5.74, 6) is 0. The fourth-order valence-corrected chi connectivity index (χ4v) is 1.01. The molecule has 1 aromatic rings. The quantitative estimate of drug-likeness (QED) is 0.540. The van der Waals surface area contributed by atoms with Crippen LogP contribution in [0.5, 0.6) is 0 Å². The second-order valence-electron chi connectivity index (χ2n) is 2.96. The Morgan fingerprint density at radius 2 is 2.07 bits per heavy atom. The van der Waals surface area contributed by atoms with Crippen molar-refractivity contribution < 1.29 is 0 Å². The minimum absolute atomic E-state index is 0.809. The fourth-order valence-electron chi connectivity index (χ4n) is 1.01. The maximum absolute atomic E-state index is 8.31. The summed E-state index contributed by atoms with van der Waals surface area (Å²) in [4.78, 5) is 4.16. The van der Waals surface area contributed by atoms with Crippen molar-refractivity contribution >= 4 is 11.8 Å². The number of hydrogen-bond donors (Lipinski definition) is 0. The molecule has 0 saturated heterocycles. The average Bonchev–Trinajstić information content (AvgIpc) is 2.28. The Morgan fingerprint density at radius 1 is 1.33 bits per heavy atom. The number of benzene rings is 1. The first-order valence-electron chi connectivity index (χ1n) is 4.65. The standard InChI is InChI=1S/C13H12N2/c1-12(6-5-10-14)15-11-9-13-7-3-2-4-8-13/h2-9,11H,1H3/b6-5+,11-9+,15-12-. The van der Waals surface area contributed by atoms with Crippen LogP contribution in [0.15, 0.2) is 53.7 Å². The fraction of sp³-hybridized carbons (Fsp3) is 0.0769. The molecule has 0 saturated carbocycles. The molecule has 0 aromatic heterocycles. The summed E-state index contributed by atoms with van der Waals surface area (Å²) >= 11 is 0. The summed E-state index contributed by atoms with van der Waals surface area (Å²) in [6.45, 7) is 1.85. The first kappa shape index (κ1) is 10.9. The molecule has 0 aliphatic heterocycles. The van der Waals surface area contributed by atoms with Crippen molar-refractivity contribution in [2.75, 3.05) is 0 Å². The third kappa shape index (κ3) is 4.58. The van der Waals surface area contributed by atoms with Crippen LogP contribution < -0.4 is 0 Å². The largest absolute Gasteiger partial charge is 0.262 e. The Kier molecular flexibility index (Phi) is 4.62. The van der Waals surface area contributed by atoms with Gasteiger partial charge in [0.1, 0.15) is 0 Å². The normalized spacial score (nSPS) is 12.1. The molecule has 2 nitrogen and oxygen atoms in total. The lowest BCUT2D eigenvalue weighted by molar-refractivity contribution is 1.52. The molecule has 0 aliphatic rings. The van der Waals surface area contributed by atoms with Gasteiger partial charge in [0.2, 0.25) is 0 Å². The highest BCUT2D eigenvalue weighted by molar-refractivity contribution is 5.93. The van der Waals surface area contributed by atoms with Crippen LogP contribution in [0.4, 0.5) is 0 Å². The zero-order valence-corrected chi connectivity index (χ0v) is 8.59. The Morgan fingerprint density at radius 3 is 2.73 bits per heavy atom. The predicted octanol–water partition coefficient (Wildman–Crippen LogP) is 3.20. The highest BCUT2D eigenvalue weighted by Crippen LogP contribution is 2.00. The van der Waals surface area contributed by atoms with Crippen molar-refractivity contribution in [1.82, 2.24) is 0 Å². The summed E-state index contributed by atoms with van der Waals surface area (Å²) in [7, 11) is 0. The van der Waals surface area contributed by atoms with Gasteiger partial charge in [-0.1, -0.05) is 30.3 Å². The molecule has 0 radical (unpaired) electrons. The summed E-state index contributed by atoms with van der Waals surface area (Å²) < 4.78 is 0. The minimum Gasteiger partial charge on any atom is -0.262 e. The zero-order valence-electron chi connectivity index (χ0n) is 8.59. The van der Waals surface area contributed by atoms with Gasteiger partial charge in [-0.25, -0.2) is 0 Å². The van der Waals surface area contributed by atoms with Gasteiger partial charge in [0.15, 0.2) is 0 Å². The summed E-state index contributed by atoms with van der Waals surface area (Å²) in [6, 6.07) is 11.9. The number of nitrogens with zero attached hydrogens (tertiary/aromatic N) is 2. The van der Waals surface area contributed by atoms with Gasteiger partial charge in [-0.15, -0.1) is 0 Å². The second-order valence-corrected chi connectivity index (χ2v) is 2.96. The SMILES string of the molecule is CC(/C=C/C#N)=N/C=C/c1ccccc1. The molecule has 2 heteroatoms. The maximum atomic E-state index is 8.31. The van der Waals surface area contributed by atoms with Gasteiger partial charge in [0.25, 0.3) is 0 Å². The van der Waals surface area contributed by atoms with Crippen molar-refractivity contribution in [3.8, 4) is 6.07 Å². The van der Waals surface area contributed by atoms with Crippen LogP contribution in [-0.4, -0.2) is 5.71 Å². The molecule has 1 aromatic carbocycles. The summed E-state index contributed by atoms with van der Waals surface area (Å²) in [6.07, 6.45) is 6.74. The van der Waals surface area contributed by atoms with Crippen molar-refractivity contribution in [2.45, 2.75) is 6.92 Å². The van der Waals surface area contributed by atoms with Crippen LogP contribution >= 0.6 is 0 Å². The highest BCUT2D eigenvalue weighted by atomic mass is 14.7. The predicted molar refractivity (Wildman–Crippen MR) is 63.3 cm³/mol.